The monoisotopic (exact) mass is 290 g/mol. The number of methoxy groups -OCH3 is 1. The summed E-state index contributed by atoms with van der Waals surface area (Å²) in [4.78, 5) is 14.1. The summed E-state index contributed by atoms with van der Waals surface area (Å²) in [5, 5.41) is 0. The molecule has 0 atom stereocenters. The van der Waals surface area contributed by atoms with Gasteiger partial charge in [-0.15, -0.1) is 0 Å². The topological polar surface area (TPSA) is 55.6 Å². The SMILES string of the molecule is CCN(Cc1ccc(N)cc1)C1CCC(C(=O)OC)CC1. The maximum Gasteiger partial charge on any atom is 0.308 e. The Morgan fingerprint density at radius 3 is 2.38 bits per heavy atom. The van der Waals surface area contributed by atoms with Crippen LogP contribution in [0.3, 0.4) is 0 Å². The van der Waals surface area contributed by atoms with Crippen LogP contribution >= 0.6 is 0 Å². The summed E-state index contributed by atoms with van der Waals surface area (Å²) >= 11 is 0. The molecule has 0 aromatic heterocycles. The highest BCUT2D eigenvalue weighted by atomic mass is 16.5. The van der Waals surface area contributed by atoms with Gasteiger partial charge in [-0.2, -0.15) is 0 Å². The maximum atomic E-state index is 11.6. The standard InChI is InChI=1S/C17H26N2O2/c1-3-19(12-13-4-8-15(18)9-5-13)16-10-6-14(7-11-16)17(20)21-2/h4-5,8-9,14,16H,3,6-7,10-12,18H2,1-2H3. The van der Waals surface area contributed by atoms with E-state index in [-0.39, 0.29) is 11.9 Å². The fourth-order valence-corrected chi connectivity index (χ4v) is 3.20. The predicted molar refractivity (Wildman–Crippen MR) is 84.7 cm³/mol. The summed E-state index contributed by atoms with van der Waals surface area (Å²) in [6.45, 7) is 4.17. The molecule has 1 fully saturated rings. The normalized spacial score (nSPS) is 22.2. The Hall–Kier alpha value is -1.55. The maximum absolute atomic E-state index is 11.6. The van der Waals surface area contributed by atoms with Crippen LogP contribution in [-0.4, -0.2) is 30.6 Å². The summed E-state index contributed by atoms with van der Waals surface area (Å²) in [5.74, 6) is 0.0523. The van der Waals surface area contributed by atoms with Gasteiger partial charge in [0.2, 0.25) is 0 Å². The van der Waals surface area contributed by atoms with Gasteiger partial charge >= 0.3 is 5.97 Å². The number of nitrogens with zero attached hydrogens (tertiary/aromatic N) is 1. The fourth-order valence-electron chi connectivity index (χ4n) is 3.20. The molecule has 0 bridgehead atoms. The molecule has 0 heterocycles. The number of nitrogen functional groups attached to an aromatic ring is 1. The van der Waals surface area contributed by atoms with Gasteiger partial charge in [0.25, 0.3) is 0 Å². The molecule has 2 rings (SSSR count). The lowest BCUT2D eigenvalue weighted by Gasteiger charge is -2.35. The van der Waals surface area contributed by atoms with Gasteiger partial charge in [-0.25, -0.2) is 0 Å². The molecule has 4 nitrogen and oxygen atoms in total. The highest BCUT2D eigenvalue weighted by Gasteiger charge is 2.29. The molecule has 1 aromatic rings. The summed E-state index contributed by atoms with van der Waals surface area (Å²) in [6, 6.07) is 8.67. The van der Waals surface area contributed by atoms with Crippen molar-refractivity contribution in [1.82, 2.24) is 4.90 Å². The minimum atomic E-state index is -0.0463. The number of carbonyl (C=O) groups is 1. The van der Waals surface area contributed by atoms with E-state index in [1.165, 1.54) is 12.7 Å². The number of ether oxygens (including phenoxy) is 1. The number of rotatable bonds is 5. The highest BCUT2D eigenvalue weighted by molar-refractivity contribution is 5.72. The second-order valence-corrected chi connectivity index (χ2v) is 5.83. The molecule has 0 saturated heterocycles. The molecule has 4 heteroatoms. The molecule has 116 valence electrons. The van der Waals surface area contributed by atoms with Crippen molar-refractivity contribution in [3.05, 3.63) is 29.8 Å². The van der Waals surface area contributed by atoms with Crippen LogP contribution in [0.2, 0.25) is 0 Å². The fraction of sp³-hybridized carbons (Fsp3) is 0.588. The second-order valence-electron chi connectivity index (χ2n) is 5.83. The average Bonchev–Trinajstić information content (AvgIpc) is 2.54. The van der Waals surface area contributed by atoms with E-state index in [1.807, 2.05) is 12.1 Å². The first kappa shape index (κ1) is 15.8. The lowest BCUT2D eigenvalue weighted by atomic mass is 9.85. The van der Waals surface area contributed by atoms with Crippen LogP contribution in [0.5, 0.6) is 0 Å². The van der Waals surface area contributed by atoms with Crippen LogP contribution in [0.25, 0.3) is 0 Å². The van der Waals surface area contributed by atoms with Crippen LogP contribution in [0, 0.1) is 5.92 Å². The summed E-state index contributed by atoms with van der Waals surface area (Å²) in [6.07, 6.45) is 4.02. The zero-order valence-electron chi connectivity index (χ0n) is 13.0. The van der Waals surface area contributed by atoms with Gasteiger partial charge in [0.15, 0.2) is 0 Å². The molecule has 0 radical (unpaired) electrons. The Bertz CT molecular complexity index is 450. The van der Waals surface area contributed by atoms with Crippen molar-refractivity contribution < 1.29 is 9.53 Å². The molecule has 1 aliphatic carbocycles. The zero-order valence-corrected chi connectivity index (χ0v) is 13.0. The van der Waals surface area contributed by atoms with Crippen molar-refractivity contribution >= 4 is 11.7 Å². The minimum absolute atomic E-state index is 0.0463. The third-order valence-corrected chi connectivity index (χ3v) is 4.52. The van der Waals surface area contributed by atoms with Crippen molar-refractivity contribution in [2.45, 2.75) is 45.2 Å². The molecule has 0 unspecified atom stereocenters. The third-order valence-electron chi connectivity index (χ3n) is 4.52. The Morgan fingerprint density at radius 1 is 1.24 bits per heavy atom. The molecule has 1 saturated carbocycles. The van der Waals surface area contributed by atoms with E-state index in [0.29, 0.717) is 6.04 Å². The van der Waals surface area contributed by atoms with Crippen LogP contribution in [0.1, 0.15) is 38.2 Å². The van der Waals surface area contributed by atoms with Crippen LogP contribution in [0.15, 0.2) is 24.3 Å². The van der Waals surface area contributed by atoms with E-state index in [4.69, 9.17) is 10.5 Å². The van der Waals surface area contributed by atoms with Gasteiger partial charge in [-0.3, -0.25) is 9.69 Å². The Labute approximate surface area is 127 Å². The van der Waals surface area contributed by atoms with Crippen molar-refractivity contribution in [2.24, 2.45) is 5.92 Å². The number of anilines is 1. The van der Waals surface area contributed by atoms with E-state index in [9.17, 15) is 4.79 Å². The molecular formula is C17H26N2O2. The van der Waals surface area contributed by atoms with E-state index in [1.54, 1.807) is 0 Å². The largest absolute Gasteiger partial charge is 0.469 e. The molecule has 2 N–H and O–H groups in total. The number of hydrogen-bond acceptors (Lipinski definition) is 4. The van der Waals surface area contributed by atoms with Crippen molar-refractivity contribution in [2.75, 3.05) is 19.4 Å². The number of benzene rings is 1. The Kier molecular flexibility index (Phi) is 5.62. The van der Waals surface area contributed by atoms with E-state index in [2.05, 4.69) is 24.0 Å². The third kappa shape index (κ3) is 4.21. The first-order chi connectivity index (χ1) is 10.1. The lowest BCUT2D eigenvalue weighted by Crippen LogP contribution is -2.38. The smallest absolute Gasteiger partial charge is 0.308 e. The van der Waals surface area contributed by atoms with Crippen LogP contribution in [0.4, 0.5) is 5.69 Å². The van der Waals surface area contributed by atoms with Crippen molar-refractivity contribution in [3.63, 3.8) is 0 Å². The van der Waals surface area contributed by atoms with E-state index >= 15 is 0 Å². The van der Waals surface area contributed by atoms with Gasteiger partial charge in [0.05, 0.1) is 13.0 Å². The summed E-state index contributed by atoms with van der Waals surface area (Å²) in [7, 11) is 1.48. The first-order valence-corrected chi connectivity index (χ1v) is 7.80. The summed E-state index contributed by atoms with van der Waals surface area (Å²) in [5.41, 5.74) is 7.83. The molecule has 0 spiro atoms. The summed E-state index contributed by atoms with van der Waals surface area (Å²) < 4.78 is 4.85. The average molecular weight is 290 g/mol. The molecule has 0 amide bonds. The Balaban J connectivity index is 1.90. The van der Waals surface area contributed by atoms with Gasteiger partial charge in [0.1, 0.15) is 0 Å². The highest BCUT2D eigenvalue weighted by Crippen LogP contribution is 2.29. The van der Waals surface area contributed by atoms with Crippen molar-refractivity contribution in [3.8, 4) is 0 Å². The van der Waals surface area contributed by atoms with Crippen LogP contribution < -0.4 is 5.73 Å². The molecular weight excluding hydrogens is 264 g/mol. The van der Waals surface area contributed by atoms with Gasteiger partial charge < -0.3 is 10.5 Å². The number of esters is 1. The minimum Gasteiger partial charge on any atom is -0.469 e. The van der Waals surface area contributed by atoms with E-state index in [0.717, 1.165) is 44.5 Å². The van der Waals surface area contributed by atoms with E-state index < -0.39 is 0 Å². The van der Waals surface area contributed by atoms with Gasteiger partial charge in [0, 0.05) is 18.3 Å². The van der Waals surface area contributed by atoms with Crippen molar-refractivity contribution in [1.29, 1.82) is 0 Å². The molecule has 0 aliphatic heterocycles. The number of hydrogen-bond donors (Lipinski definition) is 1. The second kappa shape index (κ2) is 7.46. The Morgan fingerprint density at radius 2 is 1.86 bits per heavy atom. The van der Waals surface area contributed by atoms with Gasteiger partial charge in [-0.1, -0.05) is 19.1 Å². The van der Waals surface area contributed by atoms with Gasteiger partial charge in [-0.05, 0) is 49.9 Å². The molecule has 1 aliphatic rings. The first-order valence-electron chi connectivity index (χ1n) is 7.80. The predicted octanol–water partition coefficient (Wildman–Crippen LogP) is 2.82. The molecule has 1 aromatic carbocycles. The molecule has 21 heavy (non-hydrogen) atoms. The lowest BCUT2D eigenvalue weighted by molar-refractivity contribution is -0.146. The zero-order chi connectivity index (χ0) is 15.2. The van der Waals surface area contributed by atoms with Crippen LogP contribution in [-0.2, 0) is 16.1 Å². The quantitative estimate of drug-likeness (QED) is 0.669. The number of nitrogens with two attached hydrogens (primary N) is 1. The number of carbonyl (C=O) groups excluding carboxylic acids is 1.